The van der Waals surface area contributed by atoms with Gasteiger partial charge < -0.3 is 14.3 Å². The molecular formula is C27H27N3O4. The number of furan rings is 1. The van der Waals surface area contributed by atoms with Gasteiger partial charge in [-0.1, -0.05) is 18.2 Å². The van der Waals surface area contributed by atoms with E-state index in [2.05, 4.69) is 11.0 Å². The van der Waals surface area contributed by atoms with Crippen LogP contribution in [0.15, 0.2) is 82.5 Å². The molecule has 3 heterocycles. The lowest BCUT2D eigenvalue weighted by Crippen LogP contribution is -2.39. The van der Waals surface area contributed by atoms with Gasteiger partial charge >= 0.3 is 0 Å². The Labute approximate surface area is 198 Å². The first-order valence-electron chi connectivity index (χ1n) is 11.4. The molecular weight excluding hydrogens is 430 g/mol. The van der Waals surface area contributed by atoms with Gasteiger partial charge in [-0.2, -0.15) is 5.10 Å². The molecule has 0 unspecified atom stereocenters. The van der Waals surface area contributed by atoms with E-state index in [-0.39, 0.29) is 24.2 Å². The zero-order valence-electron chi connectivity index (χ0n) is 19.1. The molecule has 174 valence electrons. The van der Waals surface area contributed by atoms with Crippen LogP contribution < -0.4 is 4.74 Å². The summed E-state index contributed by atoms with van der Waals surface area (Å²) in [7, 11) is 1.64. The molecule has 0 saturated heterocycles. The highest BCUT2D eigenvalue weighted by Gasteiger charge is 2.35. The molecule has 2 aromatic carbocycles. The van der Waals surface area contributed by atoms with E-state index < -0.39 is 0 Å². The monoisotopic (exact) mass is 457 g/mol. The van der Waals surface area contributed by atoms with E-state index in [0.29, 0.717) is 13.0 Å². The fourth-order valence-electron chi connectivity index (χ4n) is 4.46. The normalized spacial score (nSPS) is 18.5. The quantitative estimate of drug-likeness (QED) is 0.591. The molecule has 5 rings (SSSR count). The lowest BCUT2D eigenvalue weighted by molar-refractivity contribution is -0.134. The third-order valence-electron chi connectivity index (χ3n) is 6.35. The van der Waals surface area contributed by atoms with Crippen molar-refractivity contribution in [3.05, 3.63) is 89.9 Å². The minimum absolute atomic E-state index is 0.0496. The van der Waals surface area contributed by atoms with Crippen molar-refractivity contribution in [3.63, 3.8) is 0 Å². The van der Waals surface area contributed by atoms with Crippen LogP contribution in [0.25, 0.3) is 5.57 Å². The van der Waals surface area contributed by atoms with Gasteiger partial charge in [0.2, 0.25) is 0 Å². The molecule has 7 heteroatoms. The standard InChI is InChI=1S/C27H27N3O4/c1-33-23-10-6-21(7-11-23)24-17-25(26-3-2-16-34-26)30(28-24)27(32)18-29-14-12-20(13-15-29)19-4-8-22(31)9-5-19/h2-12,16,25,31H,13-15,17-18H2,1H3/t25-/m1/s1. The Bertz CT molecular complexity index is 1200. The average molecular weight is 458 g/mol. The van der Waals surface area contributed by atoms with Gasteiger partial charge in [0, 0.05) is 19.5 Å². The lowest BCUT2D eigenvalue weighted by atomic mass is 9.99. The van der Waals surface area contributed by atoms with Crippen molar-refractivity contribution in [2.75, 3.05) is 26.7 Å². The molecule has 1 aromatic heterocycles. The third kappa shape index (κ3) is 4.61. The number of aromatic hydroxyl groups is 1. The Morgan fingerprint density at radius 3 is 2.53 bits per heavy atom. The van der Waals surface area contributed by atoms with Gasteiger partial charge in [0.25, 0.3) is 5.91 Å². The predicted molar refractivity (Wildman–Crippen MR) is 130 cm³/mol. The molecule has 0 saturated carbocycles. The third-order valence-corrected chi connectivity index (χ3v) is 6.35. The van der Waals surface area contributed by atoms with E-state index in [1.807, 2.05) is 48.5 Å². The van der Waals surface area contributed by atoms with E-state index in [1.165, 1.54) is 5.57 Å². The topological polar surface area (TPSA) is 78.5 Å². The number of hydrogen-bond donors (Lipinski definition) is 1. The van der Waals surface area contributed by atoms with Crippen molar-refractivity contribution in [1.29, 1.82) is 0 Å². The van der Waals surface area contributed by atoms with Gasteiger partial charge in [-0.15, -0.1) is 0 Å². The summed E-state index contributed by atoms with van der Waals surface area (Å²) in [5.41, 5.74) is 4.16. The number of carbonyl (C=O) groups is 1. The van der Waals surface area contributed by atoms with Crippen molar-refractivity contribution in [2.24, 2.45) is 5.10 Å². The van der Waals surface area contributed by atoms with E-state index in [1.54, 1.807) is 30.5 Å². The molecule has 2 aliphatic heterocycles. The second-order valence-electron chi connectivity index (χ2n) is 8.51. The molecule has 0 aliphatic carbocycles. The maximum absolute atomic E-state index is 13.4. The average Bonchev–Trinajstić information content (AvgIpc) is 3.55. The van der Waals surface area contributed by atoms with Crippen molar-refractivity contribution >= 4 is 17.2 Å². The maximum Gasteiger partial charge on any atom is 0.257 e. The van der Waals surface area contributed by atoms with E-state index >= 15 is 0 Å². The highest BCUT2D eigenvalue weighted by Crippen LogP contribution is 2.34. The summed E-state index contributed by atoms with van der Waals surface area (Å²) in [4.78, 5) is 15.5. The second kappa shape index (κ2) is 9.57. The Hall–Kier alpha value is -3.84. The first-order chi connectivity index (χ1) is 16.6. The number of ether oxygens (including phenoxy) is 1. The van der Waals surface area contributed by atoms with Gasteiger partial charge in [0.05, 0.1) is 25.6 Å². The Morgan fingerprint density at radius 2 is 1.88 bits per heavy atom. The largest absolute Gasteiger partial charge is 0.508 e. The molecule has 0 spiro atoms. The van der Waals surface area contributed by atoms with E-state index in [9.17, 15) is 9.90 Å². The number of phenols is 1. The second-order valence-corrected chi connectivity index (χ2v) is 8.51. The number of methoxy groups -OCH3 is 1. The number of rotatable bonds is 6. The fourth-order valence-corrected chi connectivity index (χ4v) is 4.46. The fraction of sp³-hybridized carbons (Fsp3) is 0.259. The van der Waals surface area contributed by atoms with Crippen molar-refractivity contribution in [2.45, 2.75) is 18.9 Å². The summed E-state index contributed by atoms with van der Waals surface area (Å²) in [6.45, 7) is 1.76. The van der Waals surface area contributed by atoms with Crippen LogP contribution in [0.5, 0.6) is 11.5 Å². The molecule has 2 aliphatic rings. The highest BCUT2D eigenvalue weighted by molar-refractivity contribution is 6.03. The maximum atomic E-state index is 13.4. The number of carbonyl (C=O) groups excluding carboxylic acids is 1. The van der Waals surface area contributed by atoms with Gasteiger partial charge in [0.15, 0.2) is 0 Å². The van der Waals surface area contributed by atoms with Crippen LogP contribution in [0.4, 0.5) is 0 Å². The summed E-state index contributed by atoms with van der Waals surface area (Å²) in [6, 6.07) is 18.5. The molecule has 7 nitrogen and oxygen atoms in total. The van der Waals surface area contributed by atoms with Crippen LogP contribution in [-0.4, -0.2) is 53.4 Å². The van der Waals surface area contributed by atoms with Crippen LogP contribution in [-0.2, 0) is 4.79 Å². The van der Waals surface area contributed by atoms with Crippen LogP contribution in [0.3, 0.4) is 0 Å². The van der Waals surface area contributed by atoms with E-state index in [0.717, 1.165) is 41.3 Å². The van der Waals surface area contributed by atoms with Crippen LogP contribution in [0, 0.1) is 0 Å². The Balaban J connectivity index is 1.30. The SMILES string of the molecule is COc1ccc(C2=NN(C(=O)CN3CC=C(c4ccc(O)cc4)CC3)[C@@H](c3ccco3)C2)cc1. The molecule has 1 atom stereocenters. The summed E-state index contributed by atoms with van der Waals surface area (Å²) in [6.07, 6.45) is 5.23. The molecule has 1 N–H and O–H groups in total. The Kier molecular flexibility index (Phi) is 6.18. The molecule has 0 fully saturated rings. The van der Waals surface area contributed by atoms with Crippen LogP contribution in [0.1, 0.15) is 35.8 Å². The van der Waals surface area contributed by atoms with Gasteiger partial charge in [-0.05, 0) is 71.7 Å². The summed E-state index contributed by atoms with van der Waals surface area (Å²) in [5, 5.41) is 15.8. The first kappa shape index (κ1) is 22.0. The van der Waals surface area contributed by atoms with Crippen molar-refractivity contribution in [1.82, 2.24) is 9.91 Å². The predicted octanol–water partition coefficient (Wildman–Crippen LogP) is 4.46. The molecule has 1 amide bonds. The minimum Gasteiger partial charge on any atom is -0.508 e. The van der Waals surface area contributed by atoms with Gasteiger partial charge in [-0.25, -0.2) is 5.01 Å². The van der Waals surface area contributed by atoms with Crippen molar-refractivity contribution in [3.8, 4) is 11.5 Å². The molecule has 0 radical (unpaired) electrons. The van der Waals surface area contributed by atoms with Crippen molar-refractivity contribution < 1.29 is 19.1 Å². The number of benzene rings is 2. The molecule has 3 aromatic rings. The molecule has 0 bridgehead atoms. The number of hydrazone groups is 1. The minimum atomic E-state index is -0.257. The number of amides is 1. The number of hydrogen-bond acceptors (Lipinski definition) is 6. The summed E-state index contributed by atoms with van der Waals surface area (Å²) in [5.74, 6) is 1.72. The van der Waals surface area contributed by atoms with Crippen LogP contribution >= 0.6 is 0 Å². The zero-order chi connectivity index (χ0) is 23.5. The first-order valence-corrected chi connectivity index (χ1v) is 11.4. The zero-order valence-corrected chi connectivity index (χ0v) is 19.1. The highest BCUT2D eigenvalue weighted by atomic mass is 16.5. The summed E-state index contributed by atoms with van der Waals surface area (Å²) >= 11 is 0. The number of nitrogens with zero attached hydrogens (tertiary/aromatic N) is 3. The number of phenolic OH excluding ortho intramolecular Hbond substituents is 1. The molecule has 34 heavy (non-hydrogen) atoms. The van der Waals surface area contributed by atoms with Crippen LogP contribution in [0.2, 0.25) is 0 Å². The van der Waals surface area contributed by atoms with E-state index in [4.69, 9.17) is 14.3 Å². The Morgan fingerprint density at radius 1 is 1.12 bits per heavy atom. The van der Waals surface area contributed by atoms with Gasteiger partial charge in [0.1, 0.15) is 23.3 Å². The lowest BCUT2D eigenvalue weighted by Gasteiger charge is -2.28. The van der Waals surface area contributed by atoms with Gasteiger partial charge in [-0.3, -0.25) is 9.69 Å². The smallest absolute Gasteiger partial charge is 0.257 e. The summed E-state index contributed by atoms with van der Waals surface area (Å²) < 4.78 is 10.9.